The summed E-state index contributed by atoms with van der Waals surface area (Å²) in [4.78, 5) is 29.3. The molecule has 0 bridgehead atoms. The van der Waals surface area contributed by atoms with E-state index < -0.39 is 10.5 Å². The van der Waals surface area contributed by atoms with Gasteiger partial charge in [0.15, 0.2) is 5.76 Å². The van der Waals surface area contributed by atoms with Crippen LogP contribution in [0, 0.1) is 15.5 Å². The summed E-state index contributed by atoms with van der Waals surface area (Å²) in [6, 6.07) is 18.3. The molecule has 0 radical (unpaired) electrons. The van der Waals surface area contributed by atoms with Crippen LogP contribution in [0.5, 0.6) is 11.5 Å². The molecule has 0 aliphatic heterocycles. The van der Waals surface area contributed by atoms with Crippen molar-refractivity contribution in [1.29, 1.82) is 0 Å². The Balaban J connectivity index is 1.69. The average Bonchev–Trinajstić information content (AvgIpc) is 3.35. The number of hydrogen-bond donors (Lipinski definition) is 0. The van der Waals surface area contributed by atoms with Crippen LogP contribution in [-0.2, 0) is 0 Å². The number of nitrogens with zero attached hydrogens (tertiary/aromatic N) is 4. The number of furan rings is 1. The van der Waals surface area contributed by atoms with Crippen molar-refractivity contribution in [1.82, 2.24) is 9.66 Å². The Morgan fingerprint density at radius 3 is 2.59 bits per heavy atom. The Morgan fingerprint density at radius 2 is 1.85 bits per heavy atom. The summed E-state index contributed by atoms with van der Waals surface area (Å²) in [5.41, 5.74) is 0.658. The van der Waals surface area contributed by atoms with Gasteiger partial charge < -0.3 is 13.9 Å². The van der Waals surface area contributed by atoms with E-state index in [2.05, 4.69) is 10.1 Å². The van der Waals surface area contributed by atoms with Crippen molar-refractivity contribution in [2.45, 2.75) is 20.8 Å². The smallest absolute Gasteiger partial charge is 0.282 e. The number of methoxy groups -OCH3 is 1. The summed E-state index contributed by atoms with van der Waals surface area (Å²) in [7, 11) is 1.56. The zero-order chi connectivity index (χ0) is 27.7. The second-order valence-electron chi connectivity index (χ2n) is 10.1. The lowest BCUT2D eigenvalue weighted by molar-refractivity contribution is -0.384. The first-order valence-electron chi connectivity index (χ1n) is 12.2. The maximum atomic E-state index is 13.6. The Labute approximate surface area is 223 Å². The minimum absolute atomic E-state index is 0.131. The molecular weight excluding hydrogens is 500 g/mol. The number of nitro benzene ring substituents is 1. The highest BCUT2D eigenvalue weighted by molar-refractivity contribution is 5.89. The monoisotopic (exact) mass is 526 g/mol. The first-order chi connectivity index (χ1) is 18.6. The number of ether oxygens (including phenoxy) is 2. The van der Waals surface area contributed by atoms with Gasteiger partial charge in [0.05, 0.1) is 41.1 Å². The lowest BCUT2D eigenvalue weighted by Crippen LogP contribution is -2.20. The van der Waals surface area contributed by atoms with Crippen LogP contribution in [0.4, 0.5) is 5.69 Å². The van der Waals surface area contributed by atoms with Crippen molar-refractivity contribution >= 4 is 33.8 Å². The molecule has 10 heteroatoms. The summed E-state index contributed by atoms with van der Waals surface area (Å²) >= 11 is 0. The van der Waals surface area contributed by atoms with Crippen molar-refractivity contribution in [3.63, 3.8) is 0 Å². The van der Waals surface area contributed by atoms with E-state index in [1.165, 1.54) is 24.4 Å². The molecule has 0 fully saturated rings. The number of rotatable bonds is 7. The SMILES string of the molecule is COc1cccc2oc(-c3nc4ccccc4c(=O)n3N=Cc3cc([N+](=O)[O-])ccc3OCC(C)(C)C)cc12. The summed E-state index contributed by atoms with van der Waals surface area (Å²) in [5, 5.41) is 17.0. The number of benzene rings is 3. The van der Waals surface area contributed by atoms with Crippen LogP contribution in [0.3, 0.4) is 0 Å². The zero-order valence-electron chi connectivity index (χ0n) is 21.9. The number of nitro groups is 1. The van der Waals surface area contributed by atoms with Crippen LogP contribution < -0.4 is 15.0 Å². The average molecular weight is 527 g/mol. The molecule has 0 aliphatic carbocycles. The summed E-state index contributed by atoms with van der Waals surface area (Å²) in [6.07, 6.45) is 1.36. The van der Waals surface area contributed by atoms with Gasteiger partial charge in [0.1, 0.15) is 17.1 Å². The van der Waals surface area contributed by atoms with Crippen molar-refractivity contribution in [3.05, 3.63) is 92.8 Å². The highest BCUT2D eigenvalue weighted by Gasteiger charge is 2.19. The van der Waals surface area contributed by atoms with Gasteiger partial charge in [0.2, 0.25) is 5.82 Å². The van der Waals surface area contributed by atoms with Crippen LogP contribution in [0.15, 0.2) is 81.0 Å². The van der Waals surface area contributed by atoms with E-state index in [0.717, 1.165) is 4.68 Å². The summed E-state index contributed by atoms with van der Waals surface area (Å²) < 4.78 is 18.6. The Morgan fingerprint density at radius 1 is 1.05 bits per heavy atom. The van der Waals surface area contributed by atoms with E-state index in [0.29, 0.717) is 51.3 Å². The van der Waals surface area contributed by atoms with Gasteiger partial charge in [0.25, 0.3) is 11.2 Å². The molecule has 0 aliphatic rings. The molecule has 0 N–H and O–H groups in total. The standard InChI is InChI=1S/C29H26N4O6/c1-29(2,3)17-38-23-13-12-19(33(35)36)14-18(23)16-30-32-27(31-22-9-6-5-8-20(22)28(32)34)26-15-21-24(37-4)10-7-11-25(21)39-26/h5-16H,17H2,1-4H3. The van der Waals surface area contributed by atoms with Crippen molar-refractivity contribution < 1.29 is 18.8 Å². The van der Waals surface area contributed by atoms with Gasteiger partial charge in [-0.1, -0.05) is 39.0 Å². The number of aromatic nitrogens is 2. The lowest BCUT2D eigenvalue weighted by Gasteiger charge is -2.19. The molecule has 0 amide bonds. The molecule has 0 saturated heterocycles. The molecule has 5 aromatic rings. The second kappa shape index (κ2) is 10.1. The predicted molar refractivity (Wildman–Crippen MR) is 149 cm³/mol. The minimum atomic E-state index is -0.498. The highest BCUT2D eigenvalue weighted by atomic mass is 16.6. The maximum Gasteiger partial charge on any atom is 0.282 e. The normalized spacial score (nSPS) is 11.9. The van der Waals surface area contributed by atoms with E-state index in [-0.39, 0.29) is 16.9 Å². The molecule has 0 spiro atoms. The Kier molecular flexibility index (Phi) is 6.61. The van der Waals surface area contributed by atoms with Crippen LogP contribution in [0.2, 0.25) is 0 Å². The van der Waals surface area contributed by atoms with Gasteiger partial charge in [-0.2, -0.15) is 9.78 Å². The molecule has 2 heterocycles. The number of fused-ring (bicyclic) bond motifs is 2. The van der Waals surface area contributed by atoms with E-state index >= 15 is 0 Å². The quantitative estimate of drug-likeness (QED) is 0.144. The third-order valence-electron chi connectivity index (χ3n) is 5.89. The van der Waals surface area contributed by atoms with Crippen molar-refractivity contribution in [2.24, 2.45) is 10.5 Å². The molecule has 3 aromatic carbocycles. The highest BCUT2D eigenvalue weighted by Crippen LogP contribution is 2.33. The first kappa shape index (κ1) is 25.7. The molecule has 39 heavy (non-hydrogen) atoms. The fourth-order valence-electron chi connectivity index (χ4n) is 4.01. The van der Waals surface area contributed by atoms with E-state index in [1.807, 2.05) is 26.8 Å². The van der Waals surface area contributed by atoms with Crippen molar-refractivity contribution in [2.75, 3.05) is 13.7 Å². The van der Waals surface area contributed by atoms with Gasteiger partial charge >= 0.3 is 0 Å². The number of hydrogen-bond acceptors (Lipinski definition) is 8. The van der Waals surface area contributed by atoms with Crippen LogP contribution >= 0.6 is 0 Å². The molecule has 2 aromatic heterocycles. The molecular formula is C29H26N4O6. The largest absolute Gasteiger partial charge is 0.496 e. The van der Waals surface area contributed by atoms with Gasteiger partial charge in [-0.15, -0.1) is 0 Å². The second-order valence-corrected chi connectivity index (χ2v) is 10.1. The molecule has 10 nitrogen and oxygen atoms in total. The minimum Gasteiger partial charge on any atom is -0.496 e. The third-order valence-corrected chi connectivity index (χ3v) is 5.89. The summed E-state index contributed by atoms with van der Waals surface area (Å²) in [5.74, 6) is 1.47. The fourth-order valence-corrected chi connectivity index (χ4v) is 4.01. The first-order valence-corrected chi connectivity index (χ1v) is 12.2. The number of non-ortho nitro benzene ring substituents is 1. The van der Waals surface area contributed by atoms with Gasteiger partial charge in [-0.05, 0) is 41.8 Å². The zero-order valence-corrected chi connectivity index (χ0v) is 21.9. The molecule has 0 atom stereocenters. The fraction of sp³-hybridized carbons (Fsp3) is 0.207. The van der Waals surface area contributed by atoms with Crippen LogP contribution in [0.25, 0.3) is 33.5 Å². The Bertz CT molecular complexity index is 1800. The summed E-state index contributed by atoms with van der Waals surface area (Å²) in [6.45, 7) is 6.42. The molecule has 0 saturated carbocycles. The molecule has 5 rings (SSSR count). The lowest BCUT2D eigenvalue weighted by atomic mass is 9.98. The van der Waals surface area contributed by atoms with E-state index in [4.69, 9.17) is 13.9 Å². The van der Waals surface area contributed by atoms with E-state index in [9.17, 15) is 14.9 Å². The van der Waals surface area contributed by atoms with Gasteiger partial charge in [-0.25, -0.2) is 4.98 Å². The van der Waals surface area contributed by atoms with Crippen LogP contribution in [0.1, 0.15) is 26.3 Å². The van der Waals surface area contributed by atoms with Gasteiger partial charge in [0, 0.05) is 17.7 Å². The predicted octanol–water partition coefficient (Wildman–Crippen LogP) is 6.03. The van der Waals surface area contributed by atoms with Crippen molar-refractivity contribution in [3.8, 4) is 23.1 Å². The Hall–Kier alpha value is -4.99. The van der Waals surface area contributed by atoms with E-state index in [1.54, 1.807) is 49.6 Å². The molecule has 0 unspecified atom stereocenters. The van der Waals surface area contributed by atoms with Gasteiger partial charge in [-0.3, -0.25) is 14.9 Å². The molecule has 198 valence electrons. The third kappa shape index (κ3) is 5.22. The maximum absolute atomic E-state index is 13.6. The van der Waals surface area contributed by atoms with Crippen LogP contribution in [-0.4, -0.2) is 34.5 Å². The number of para-hydroxylation sites is 1. The topological polar surface area (TPSA) is 122 Å².